The molecule has 1 aromatic heterocycles. The molecule has 0 N–H and O–H groups in total. The lowest BCUT2D eigenvalue weighted by Gasteiger charge is -2.22. The fraction of sp³-hybridized carbons (Fsp3) is 0.238. The minimum absolute atomic E-state index is 0.148. The van der Waals surface area contributed by atoms with E-state index in [1.807, 2.05) is 32.3 Å². The summed E-state index contributed by atoms with van der Waals surface area (Å²) in [5.41, 5.74) is 2.20. The van der Waals surface area contributed by atoms with Crippen LogP contribution in [0.25, 0.3) is 17.0 Å². The molecular formula is C21H22N2O3S. The van der Waals surface area contributed by atoms with E-state index in [9.17, 15) is 8.42 Å². The van der Waals surface area contributed by atoms with Gasteiger partial charge >= 0.3 is 0 Å². The number of likely N-dealkylation sites (N-methyl/N-ethyl adjacent to an activating group) is 1. The zero-order chi connectivity index (χ0) is 19.2. The summed E-state index contributed by atoms with van der Waals surface area (Å²) in [6.45, 7) is 4.48. The first-order valence-corrected chi connectivity index (χ1v) is 10.3. The van der Waals surface area contributed by atoms with Crippen LogP contribution in [0.4, 0.5) is 0 Å². The van der Waals surface area contributed by atoms with Crippen molar-refractivity contribution >= 4 is 27.0 Å². The molecule has 0 fully saturated rings. The van der Waals surface area contributed by atoms with Crippen LogP contribution in [0.5, 0.6) is 5.75 Å². The molecule has 1 aliphatic heterocycles. The Kier molecular flexibility index (Phi) is 4.32. The summed E-state index contributed by atoms with van der Waals surface area (Å²) >= 11 is 0. The SMILES string of the molecule is C=Cc1c2c3c(cccc3n1S(=O)(=O)c1ccccc1)OCC(N(C)C)C2. The summed E-state index contributed by atoms with van der Waals surface area (Å²) in [7, 11) is 0.253. The van der Waals surface area contributed by atoms with Gasteiger partial charge in [0, 0.05) is 11.4 Å². The highest BCUT2D eigenvalue weighted by Gasteiger charge is 2.30. The maximum Gasteiger partial charge on any atom is 0.268 e. The van der Waals surface area contributed by atoms with Crippen molar-refractivity contribution in [1.82, 2.24) is 8.87 Å². The van der Waals surface area contributed by atoms with Crippen LogP contribution >= 0.6 is 0 Å². The molecule has 1 unspecified atom stereocenters. The number of hydrogen-bond donors (Lipinski definition) is 0. The Bertz CT molecular complexity index is 1120. The quantitative estimate of drug-likeness (QED) is 0.694. The van der Waals surface area contributed by atoms with Gasteiger partial charge in [-0.2, -0.15) is 0 Å². The highest BCUT2D eigenvalue weighted by molar-refractivity contribution is 7.90. The van der Waals surface area contributed by atoms with E-state index < -0.39 is 10.0 Å². The fourth-order valence-electron chi connectivity index (χ4n) is 3.67. The molecule has 0 aliphatic carbocycles. The Morgan fingerprint density at radius 2 is 1.89 bits per heavy atom. The van der Waals surface area contributed by atoms with E-state index in [0.29, 0.717) is 24.2 Å². The molecule has 140 valence electrons. The van der Waals surface area contributed by atoms with Gasteiger partial charge in [0.15, 0.2) is 0 Å². The topological polar surface area (TPSA) is 51.5 Å². The monoisotopic (exact) mass is 382 g/mol. The van der Waals surface area contributed by atoms with Gasteiger partial charge in [-0.15, -0.1) is 0 Å². The lowest BCUT2D eigenvalue weighted by atomic mass is 10.0. The summed E-state index contributed by atoms with van der Waals surface area (Å²) in [4.78, 5) is 2.36. The van der Waals surface area contributed by atoms with Crippen molar-refractivity contribution in [1.29, 1.82) is 0 Å². The molecule has 27 heavy (non-hydrogen) atoms. The zero-order valence-corrected chi connectivity index (χ0v) is 16.2. The maximum absolute atomic E-state index is 13.5. The highest BCUT2D eigenvalue weighted by Crippen LogP contribution is 2.39. The van der Waals surface area contributed by atoms with Gasteiger partial charge in [-0.25, -0.2) is 12.4 Å². The molecule has 0 bridgehead atoms. The smallest absolute Gasteiger partial charge is 0.268 e. The van der Waals surface area contributed by atoms with Crippen LogP contribution in [0.2, 0.25) is 0 Å². The molecule has 0 amide bonds. The van der Waals surface area contributed by atoms with Gasteiger partial charge < -0.3 is 9.64 Å². The second-order valence-electron chi connectivity index (χ2n) is 6.93. The lowest BCUT2D eigenvalue weighted by Crippen LogP contribution is -2.35. The van der Waals surface area contributed by atoms with Crippen molar-refractivity contribution in [2.75, 3.05) is 20.7 Å². The van der Waals surface area contributed by atoms with Crippen LogP contribution < -0.4 is 4.74 Å². The largest absolute Gasteiger partial charge is 0.491 e. The van der Waals surface area contributed by atoms with Crippen molar-refractivity contribution in [3.05, 3.63) is 66.4 Å². The van der Waals surface area contributed by atoms with Crippen LogP contribution in [0.15, 0.2) is 60.0 Å². The van der Waals surface area contributed by atoms with Crippen LogP contribution in [0.3, 0.4) is 0 Å². The summed E-state index contributed by atoms with van der Waals surface area (Å²) in [5, 5.41) is 0.858. The van der Waals surface area contributed by atoms with E-state index in [2.05, 4.69) is 11.5 Å². The van der Waals surface area contributed by atoms with E-state index in [0.717, 1.165) is 16.7 Å². The Labute approximate surface area is 159 Å². The van der Waals surface area contributed by atoms with Crippen molar-refractivity contribution in [2.24, 2.45) is 0 Å². The van der Waals surface area contributed by atoms with Gasteiger partial charge in [-0.05, 0) is 56.4 Å². The van der Waals surface area contributed by atoms with Crippen molar-refractivity contribution in [3.63, 3.8) is 0 Å². The highest BCUT2D eigenvalue weighted by atomic mass is 32.2. The molecule has 5 nitrogen and oxygen atoms in total. The lowest BCUT2D eigenvalue weighted by molar-refractivity contribution is 0.190. The number of rotatable bonds is 4. The van der Waals surface area contributed by atoms with Gasteiger partial charge in [-0.3, -0.25) is 0 Å². The number of ether oxygens (including phenoxy) is 1. The predicted molar refractivity (Wildman–Crippen MR) is 108 cm³/mol. The first-order chi connectivity index (χ1) is 12.9. The molecule has 0 saturated carbocycles. The van der Waals surface area contributed by atoms with Crippen LogP contribution in [0.1, 0.15) is 11.3 Å². The molecule has 0 saturated heterocycles. The van der Waals surface area contributed by atoms with E-state index in [1.165, 1.54) is 3.97 Å². The van der Waals surface area contributed by atoms with Crippen molar-refractivity contribution < 1.29 is 13.2 Å². The third-order valence-electron chi connectivity index (χ3n) is 5.13. The van der Waals surface area contributed by atoms with Crippen LogP contribution in [-0.4, -0.2) is 44.0 Å². The first kappa shape index (κ1) is 17.8. The molecule has 1 atom stereocenters. The Balaban J connectivity index is 2.06. The second kappa shape index (κ2) is 6.55. The Morgan fingerprint density at radius 1 is 1.15 bits per heavy atom. The van der Waals surface area contributed by atoms with E-state index in [-0.39, 0.29) is 10.9 Å². The zero-order valence-electron chi connectivity index (χ0n) is 15.4. The number of benzene rings is 2. The minimum atomic E-state index is -3.76. The van der Waals surface area contributed by atoms with Crippen LogP contribution in [-0.2, 0) is 16.4 Å². The van der Waals surface area contributed by atoms with Gasteiger partial charge in [-0.1, -0.05) is 30.8 Å². The average Bonchev–Trinajstić information content (AvgIpc) is 2.86. The molecular weight excluding hydrogens is 360 g/mol. The van der Waals surface area contributed by atoms with Gasteiger partial charge in [0.05, 0.1) is 16.1 Å². The Hall–Kier alpha value is -2.57. The predicted octanol–water partition coefficient (Wildman–Crippen LogP) is 3.39. The molecule has 0 spiro atoms. The third kappa shape index (κ3) is 2.76. The standard InChI is InChI=1S/C21H22N2O3S/c1-4-18-17-13-15(22(2)3)14-26-20-12-8-11-19(21(17)20)23(18)27(24,25)16-9-6-5-7-10-16/h4-12,15H,1,13-14H2,2-3H3. The number of aromatic nitrogens is 1. The fourth-order valence-corrected chi connectivity index (χ4v) is 5.24. The summed E-state index contributed by atoms with van der Waals surface area (Å²) < 4.78 is 34.4. The number of hydrogen-bond acceptors (Lipinski definition) is 4. The normalized spacial score (nSPS) is 16.9. The minimum Gasteiger partial charge on any atom is -0.491 e. The van der Waals surface area contributed by atoms with Gasteiger partial charge in [0.2, 0.25) is 0 Å². The third-order valence-corrected chi connectivity index (χ3v) is 6.87. The maximum atomic E-state index is 13.5. The summed E-state index contributed by atoms with van der Waals surface area (Å²) in [5.74, 6) is 0.719. The van der Waals surface area contributed by atoms with E-state index in [1.54, 1.807) is 36.4 Å². The summed E-state index contributed by atoms with van der Waals surface area (Å²) in [6.07, 6.45) is 2.33. The van der Waals surface area contributed by atoms with Crippen molar-refractivity contribution in [3.8, 4) is 5.75 Å². The summed E-state index contributed by atoms with van der Waals surface area (Å²) in [6, 6.07) is 14.2. The van der Waals surface area contributed by atoms with Crippen LogP contribution in [0, 0.1) is 0 Å². The Morgan fingerprint density at radius 3 is 2.56 bits per heavy atom. The molecule has 2 aromatic carbocycles. The molecule has 6 heteroatoms. The number of nitrogens with zero attached hydrogens (tertiary/aromatic N) is 2. The van der Waals surface area contributed by atoms with E-state index in [4.69, 9.17) is 4.74 Å². The van der Waals surface area contributed by atoms with Gasteiger partial charge in [0.25, 0.3) is 10.0 Å². The first-order valence-electron chi connectivity index (χ1n) is 8.83. The molecule has 1 aliphatic rings. The molecule has 4 rings (SSSR count). The molecule has 2 heterocycles. The van der Waals surface area contributed by atoms with Crippen molar-refractivity contribution in [2.45, 2.75) is 17.4 Å². The average molecular weight is 382 g/mol. The van der Waals surface area contributed by atoms with Gasteiger partial charge in [0.1, 0.15) is 12.4 Å². The molecule has 0 radical (unpaired) electrons. The molecule has 3 aromatic rings. The van der Waals surface area contributed by atoms with E-state index >= 15 is 0 Å². The second-order valence-corrected chi connectivity index (χ2v) is 8.72.